The van der Waals surface area contributed by atoms with Crippen LogP contribution < -0.4 is 11.1 Å². The van der Waals surface area contributed by atoms with E-state index < -0.39 is 0 Å². The summed E-state index contributed by atoms with van der Waals surface area (Å²) < 4.78 is 15.2. The predicted molar refractivity (Wildman–Crippen MR) is 78.9 cm³/mol. The van der Waals surface area contributed by atoms with Gasteiger partial charge in [0.1, 0.15) is 11.5 Å². The van der Waals surface area contributed by atoms with Crippen molar-refractivity contribution >= 4 is 5.91 Å². The number of nitrogens with one attached hydrogen (secondary N) is 1. The minimum Gasteiger partial charge on any atom is -0.352 e. The zero-order valence-electron chi connectivity index (χ0n) is 12.0. The van der Waals surface area contributed by atoms with Crippen LogP contribution in [0.15, 0.2) is 30.5 Å². The zero-order chi connectivity index (χ0) is 15.2. The van der Waals surface area contributed by atoms with Crippen LogP contribution in [-0.4, -0.2) is 28.8 Å². The summed E-state index contributed by atoms with van der Waals surface area (Å²) in [5.41, 5.74) is 6.79. The summed E-state index contributed by atoms with van der Waals surface area (Å²) in [6.07, 6.45) is 3.16. The third-order valence-corrected chi connectivity index (χ3v) is 3.25. The van der Waals surface area contributed by atoms with Crippen LogP contribution in [0.4, 0.5) is 4.39 Å². The van der Waals surface area contributed by atoms with E-state index >= 15 is 0 Å². The molecule has 1 aromatic heterocycles. The molecule has 0 fully saturated rings. The number of hydrogen-bond acceptors (Lipinski definition) is 3. The summed E-state index contributed by atoms with van der Waals surface area (Å²) in [5, 5.41) is 6.92. The molecule has 1 aromatic carbocycles. The lowest BCUT2D eigenvalue weighted by Crippen LogP contribution is -2.25. The van der Waals surface area contributed by atoms with E-state index in [9.17, 15) is 9.18 Å². The van der Waals surface area contributed by atoms with Gasteiger partial charge < -0.3 is 11.1 Å². The zero-order valence-corrected chi connectivity index (χ0v) is 12.0. The molecule has 0 aliphatic heterocycles. The number of amides is 1. The van der Waals surface area contributed by atoms with Crippen LogP contribution in [0.1, 0.15) is 28.9 Å². The molecule has 1 heterocycles. The van der Waals surface area contributed by atoms with Gasteiger partial charge in [-0.25, -0.2) is 9.07 Å². The number of carbonyl (C=O) groups excluding carboxylic acids is 1. The van der Waals surface area contributed by atoms with Gasteiger partial charge >= 0.3 is 0 Å². The topological polar surface area (TPSA) is 72.9 Å². The molecule has 6 heteroatoms. The van der Waals surface area contributed by atoms with Gasteiger partial charge in [0, 0.05) is 6.54 Å². The van der Waals surface area contributed by atoms with Crippen LogP contribution in [0.2, 0.25) is 0 Å². The summed E-state index contributed by atoms with van der Waals surface area (Å²) in [4.78, 5) is 12.1. The standard InChI is InChI=1S/C15H19FN4O/c1-11-12(15(21)18-9-5-4-8-17)10-19-20(11)14-7-3-2-6-13(14)16/h2-3,6-7,10H,4-5,8-9,17H2,1H3,(H,18,21). The van der Waals surface area contributed by atoms with E-state index in [-0.39, 0.29) is 11.7 Å². The first-order valence-electron chi connectivity index (χ1n) is 6.93. The summed E-state index contributed by atoms with van der Waals surface area (Å²) in [5.74, 6) is -0.578. The molecule has 0 radical (unpaired) electrons. The number of halogens is 1. The molecule has 0 unspecified atom stereocenters. The van der Waals surface area contributed by atoms with Crippen molar-refractivity contribution in [2.75, 3.05) is 13.1 Å². The highest BCUT2D eigenvalue weighted by Gasteiger charge is 2.16. The van der Waals surface area contributed by atoms with Crippen LogP contribution in [0.25, 0.3) is 5.69 Å². The Morgan fingerprint density at radius 2 is 2.14 bits per heavy atom. The Kier molecular flexibility index (Phi) is 5.05. The van der Waals surface area contributed by atoms with E-state index in [1.54, 1.807) is 25.1 Å². The molecule has 0 aliphatic carbocycles. The normalized spacial score (nSPS) is 10.6. The van der Waals surface area contributed by atoms with E-state index in [0.717, 1.165) is 12.8 Å². The molecule has 1 amide bonds. The van der Waals surface area contributed by atoms with E-state index in [1.807, 2.05) is 0 Å². The van der Waals surface area contributed by atoms with Crippen molar-refractivity contribution in [3.8, 4) is 5.69 Å². The van der Waals surface area contributed by atoms with E-state index in [4.69, 9.17) is 5.73 Å². The second-order valence-corrected chi connectivity index (χ2v) is 4.76. The molecule has 3 N–H and O–H groups in total. The first-order chi connectivity index (χ1) is 10.1. The maximum atomic E-state index is 13.8. The summed E-state index contributed by atoms with van der Waals surface area (Å²) >= 11 is 0. The Bertz CT molecular complexity index is 624. The van der Waals surface area contributed by atoms with Crippen LogP contribution in [-0.2, 0) is 0 Å². The lowest BCUT2D eigenvalue weighted by Gasteiger charge is -2.07. The van der Waals surface area contributed by atoms with Gasteiger partial charge in [-0.3, -0.25) is 4.79 Å². The molecule has 0 bridgehead atoms. The average Bonchev–Trinajstić information content (AvgIpc) is 2.86. The highest BCUT2D eigenvalue weighted by Crippen LogP contribution is 2.16. The molecular weight excluding hydrogens is 271 g/mol. The highest BCUT2D eigenvalue weighted by molar-refractivity contribution is 5.95. The fraction of sp³-hybridized carbons (Fsp3) is 0.333. The quantitative estimate of drug-likeness (QED) is 0.797. The van der Waals surface area contributed by atoms with E-state index in [1.165, 1.54) is 16.9 Å². The Balaban J connectivity index is 2.14. The Hall–Kier alpha value is -2.21. The largest absolute Gasteiger partial charge is 0.352 e. The fourth-order valence-electron chi connectivity index (χ4n) is 2.07. The monoisotopic (exact) mass is 290 g/mol. The molecule has 5 nitrogen and oxygen atoms in total. The number of benzene rings is 1. The van der Waals surface area contributed by atoms with Crippen molar-refractivity contribution < 1.29 is 9.18 Å². The lowest BCUT2D eigenvalue weighted by molar-refractivity contribution is 0.0952. The minimum absolute atomic E-state index is 0.202. The van der Waals surface area contributed by atoms with Gasteiger partial charge in [0.25, 0.3) is 5.91 Å². The molecule has 2 aromatic rings. The number of hydrogen-bond donors (Lipinski definition) is 2. The Labute approximate surface area is 123 Å². The number of unbranched alkanes of at least 4 members (excludes halogenated alkanes) is 1. The molecule has 0 saturated carbocycles. The molecule has 2 rings (SSSR count). The highest BCUT2D eigenvalue weighted by atomic mass is 19.1. The fourth-order valence-corrected chi connectivity index (χ4v) is 2.07. The molecule has 0 aliphatic rings. The first-order valence-corrected chi connectivity index (χ1v) is 6.93. The number of aromatic nitrogens is 2. The summed E-state index contributed by atoms with van der Waals surface area (Å²) in [6.45, 7) is 2.93. The van der Waals surface area contributed by atoms with E-state index in [2.05, 4.69) is 10.4 Å². The number of nitrogens with zero attached hydrogens (tertiary/aromatic N) is 2. The first kappa shape index (κ1) is 15.2. The van der Waals surface area contributed by atoms with Crippen molar-refractivity contribution in [2.45, 2.75) is 19.8 Å². The number of rotatable bonds is 6. The predicted octanol–water partition coefficient (Wildman–Crippen LogP) is 1.79. The smallest absolute Gasteiger partial charge is 0.254 e. The molecule has 112 valence electrons. The van der Waals surface area contributed by atoms with Gasteiger partial charge in [0.15, 0.2) is 0 Å². The number of carbonyl (C=O) groups is 1. The summed E-state index contributed by atoms with van der Waals surface area (Å²) in [7, 11) is 0. The minimum atomic E-state index is -0.376. The van der Waals surface area contributed by atoms with Crippen LogP contribution in [0, 0.1) is 12.7 Å². The molecule has 0 spiro atoms. The second-order valence-electron chi connectivity index (χ2n) is 4.76. The average molecular weight is 290 g/mol. The van der Waals surface area contributed by atoms with Crippen molar-refractivity contribution in [1.29, 1.82) is 0 Å². The van der Waals surface area contributed by atoms with Gasteiger partial charge in [0.2, 0.25) is 0 Å². The van der Waals surface area contributed by atoms with Gasteiger partial charge in [-0.2, -0.15) is 5.10 Å². The van der Waals surface area contributed by atoms with Crippen molar-refractivity contribution in [3.63, 3.8) is 0 Å². The third kappa shape index (κ3) is 3.46. The molecule has 0 atom stereocenters. The number of para-hydroxylation sites is 1. The maximum absolute atomic E-state index is 13.8. The molecule has 21 heavy (non-hydrogen) atoms. The maximum Gasteiger partial charge on any atom is 0.254 e. The van der Waals surface area contributed by atoms with Crippen molar-refractivity contribution in [1.82, 2.24) is 15.1 Å². The van der Waals surface area contributed by atoms with Crippen LogP contribution >= 0.6 is 0 Å². The summed E-state index contributed by atoms with van der Waals surface area (Å²) in [6, 6.07) is 6.33. The SMILES string of the molecule is Cc1c(C(=O)NCCCCN)cnn1-c1ccccc1F. The van der Waals surface area contributed by atoms with Crippen LogP contribution in [0.5, 0.6) is 0 Å². The van der Waals surface area contributed by atoms with Gasteiger partial charge in [-0.15, -0.1) is 0 Å². The third-order valence-electron chi connectivity index (χ3n) is 3.25. The lowest BCUT2D eigenvalue weighted by atomic mass is 10.2. The molecule has 0 saturated heterocycles. The molecular formula is C15H19FN4O. The van der Waals surface area contributed by atoms with Crippen molar-refractivity contribution in [2.24, 2.45) is 5.73 Å². The Morgan fingerprint density at radius 1 is 1.38 bits per heavy atom. The Morgan fingerprint density at radius 3 is 2.86 bits per heavy atom. The van der Waals surface area contributed by atoms with Gasteiger partial charge in [0.05, 0.1) is 17.5 Å². The number of nitrogens with two attached hydrogens (primary N) is 1. The van der Waals surface area contributed by atoms with Crippen molar-refractivity contribution in [3.05, 3.63) is 47.5 Å². The van der Waals surface area contributed by atoms with Crippen LogP contribution in [0.3, 0.4) is 0 Å². The van der Waals surface area contributed by atoms with Gasteiger partial charge in [-0.05, 0) is 38.4 Å². The van der Waals surface area contributed by atoms with E-state index in [0.29, 0.717) is 30.0 Å². The van der Waals surface area contributed by atoms with Gasteiger partial charge in [-0.1, -0.05) is 12.1 Å². The second kappa shape index (κ2) is 6.99.